The predicted octanol–water partition coefficient (Wildman–Crippen LogP) is 4.03. The Morgan fingerprint density at radius 3 is 2.61 bits per heavy atom. The van der Waals surface area contributed by atoms with E-state index in [1.54, 1.807) is 28.9 Å². The highest BCUT2D eigenvalue weighted by Gasteiger charge is 2.22. The van der Waals surface area contributed by atoms with Crippen LogP contribution < -0.4 is 14.8 Å². The van der Waals surface area contributed by atoms with Crippen molar-refractivity contribution in [2.24, 2.45) is 0 Å². The summed E-state index contributed by atoms with van der Waals surface area (Å²) in [4.78, 5) is 25.5. The number of nitrogens with one attached hydrogen (secondary N) is 1. The van der Waals surface area contributed by atoms with E-state index in [4.69, 9.17) is 18.6 Å². The molecule has 0 aliphatic carbocycles. The third-order valence-corrected chi connectivity index (χ3v) is 4.97. The van der Waals surface area contributed by atoms with Crippen molar-refractivity contribution in [1.82, 2.24) is 4.40 Å². The number of esters is 1. The van der Waals surface area contributed by atoms with Crippen molar-refractivity contribution in [1.29, 1.82) is 5.26 Å². The highest BCUT2D eigenvalue weighted by molar-refractivity contribution is 6.07. The number of furan rings is 1. The van der Waals surface area contributed by atoms with Gasteiger partial charge >= 0.3 is 5.97 Å². The monoisotopic (exact) mass is 445 g/mol. The molecular weight excluding hydrogens is 426 g/mol. The van der Waals surface area contributed by atoms with Crippen molar-refractivity contribution < 1.29 is 28.2 Å². The number of carbonyl (C=O) groups is 2. The van der Waals surface area contributed by atoms with Crippen LogP contribution in [0.25, 0.3) is 5.52 Å². The van der Waals surface area contributed by atoms with E-state index in [0.717, 1.165) is 0 Å². The van der Waals surface area contributed by atoms with Gasteiger partial charge in [0.15, 0.2) is 17.3 Å². The van der Waals surface area contributed by atoms with Gasteiger partial charge in [-0.2, -0.15) is 5.26 Å². The fourth-order valence-electron chi connectivity index (χ4n) is 3.38. The second-order valence-corrected chi connectivity index (χ2v) is 6.89. The first kappa shape index (κ1) is 21.5. The van der Waals surface area contributed by atoms with E-state index < -0.39 is 11.9 Å². The molecule has 0 unspecified atom stereocenters. The van der Waals surface area contributed by atoms with Crippen molar-refractivity contribution >= 4 is 23.1 Å². The molecule has 3 heterocycles. The lowest BCUT2D eigenvalue weighted by molar-refractivity contribution is 0.0473. The number of pyridine rings is 1. The Morgan fingerprint density at radius 2 is 1.91 bits per heavy atom. The summed E-state index contributed by atoms with van der Waals surface area (Å²) in [5.74, 6) is -0.596. The molecule has 0 saturated carbocycles. The summed E-state index contributed by atoms with van der Waals surface area (Å²) in [6.45, 7) is -0.136. The van der Waals surface area contributed by atoms with Gasteiger partial charge < -0.3 is 28.3 Å². The summed E-state index contributed by atoms with van der Waals surface area (Å²) in [6, 6.07) is 13.6. The van der Waals surface area contributed by atoms with Gasteiger partial charge in [-0.3, -0.25) is 4.79 Å². The van der Waals surface area contributed by atoms with Gasteiger partial charge in [0, 0.05) is 30.1 Å². The maximum Gasteiger partial charge on any atom is 0.340 e. The quantitative estimate of drug-likeness (QED) is 0.427. The van der Waals surface area contributed by atoms with Crippen LogP contribution in [0.15, 0.2) is 65.5 Å². The number of hydrogen-bond acceptors (Lipinski definition) is 7. The molecule has 166 valence electrons. The van der Waals surface area contributed by atoms with Crippen LogP contribution in [0.3, 0.4) is 0 Å². The lowest BCUT2D eigenvalue weighted by Gasteiger charge is -2.15. The molecule has 0 aliphatic heterocycles. The van der Waals surface area contributed by atoms with Gasteiger partial charge in [-0.25, -0.2) is 4.79 Å². The van der Waals surface area contributed by atoms with Crippen molar-refractivity contribution in [3.05, 3.63) is 83.6 Å². The molecule has 0 aliphatic rings. The number of aromatic nitrogens is 1. The zero-order valence-electron chi connectivity index (χ0n) is 17.8. The number of benzene rings is 1. The van der Waals surface area contributed by atoms with E-state index in [9.17, 15) is 14.9 Å². The second-order valence-electron chi connectivity index (χ2n) is 6.89. The first-order valence-electron chi connectivity index (χ1n) is 9.82. The number of anilines is 1. The van der Waals surface area contributed by atoms with E-state index in [1.165, 1.54) is 38.7 Å². The fourth-order valence-corrected chi connectivity index (χ4v) is 3.38. The molecule has 0 atom stereocenters. The van der Waals surface area contributed by atoms with Gasteiger partial charge in [0.25, 0.3) is 5.91 Å². The minimum atomic E-state index is -0.718. The molecule has 9 heteroatoms. The summed E-state index contributed by atoms with van der Waals surface area (Å²) < 4.78 is 23.0. The Kier molecular flexibility index (Phi) is 6.00. The first-order chi connectivity index (χ1) is 16.0. The number of carbonyl (C=O) groups excluding carboxylic acids is 2. The number of ether oxygens (including phenoxy) is 3. The highest BCUT2D eigenvalue weighted by atomic mass is 16.5. The van der Waals surface area contributed by atoms with E-state index in [2.05, 4.69) is 11.4 Å². The van der Waals surface area contributed by atoms with Gasteiger partial charge in [0.05, 0.1) is 42.8 Å². The number of methoxy groups -OCH3 is 2. The Bertz CT molecular complexity index is 1370. The number of fused-ring (bicyclic) bond motifs is 1. The zero-order valence-corrected chi connectivity index (χ0v) is 17.8. The van der Waals surface area contributed by atoms with Crippen molar-refractivity contribution in [2.75, 3.05) is 19.5 Å². The summed E-state index contributed by atoms with van der Waals surface area (Å²) in [7, 11) is 2.87. The normalized spacial score (nSPS) is 10.5. The van der Waals surface area contributed by atoms with Crippen molar-refractivity contribution in [2.45, 2.75) is 6.61 Å². The van der Waals surface area contributed by atoms with Gasteiger partial charge in [-0.1, -0.05) is 6.07 Å². The largest absolute Gasteiger partial charge is 0.493 e. The molecule has 0 spiro atoms. The molecule has 9 nitrogen and oxygen atoms in total. The average molecular weight is 445 g/mol. The van der Waals surface area contributed by atoms with Gasteiger partial charge in [0.2, 0.25) is 0 Å². The first-order valence-corrected chi connectivity index (χ1v) is 9.82. The SMILES string of the molecule is COc1cc(NC(=O)c2ccco2)c(C(=O)OCc2cn3ccccc3c2C#N)cc1OC. The van der Waals surface area contributed by atoms with Crippen LogP contribution in [0.5, 0.6) is 11.5 Å². The third kappa shape index (κ3) is 4.22. The molecule has 1 N–H and O–H groups in total. The number of hydrogen-bond donors (Lipinski definition) is 1. The molecule has 4 aromatic rings. The minimum absolute atomic E-state index is 0.0508. The molecule has 0 saturated heterocycles. The molecule has 1 amide bonds. The standard InChI is InChI=1S/C24H19N3O6/c1-30-21-10-16(18(11-22(21)31-2)26-23(28)20-7-5-9-32-20)24(29)33-14-15-13-27-8-4-3-6-19(27)17(15)12-25/h3-11,13H,14H2,1-2H3,(H,26,28). The number of amides is 1. The lowest BCUT2D eigenvalue weighted by Crippen LogP contribution is -2.16. The van der Waals surface area contributed by atoms with E-state index >= 15 is 0 Å². The molecule has 0 fully saturated rings. The van der Waals surface area contributed by atoms with Gasteiger partial charge in [-0.15, -0.1) is 0 Å². The Balaban J connectivity index is 1.63. The summed E-state index contributed by atoms with van der Waals surface area (Å²) in [5.41, 5.74) is 1.89. The maximum atomic E-state index is 13.0. The average Bonchev–Trinajstić information content (AvgIpc) is 3.50. The second kappa shape index (κ2) is 9.20. The molecular formula is C24H19N3O6. The molecule has 0 radical (unpaired) electrons. The van der Waals surface area contributed by atoms with Crippen LogP contribution in [0, 0.1) is 11.3 Å². The zero-order chi connectivity index (χ0) is 23.4. The van der Waals surface area contributed by atoms with Gasteiger partial charge in [0.1, 0.15) is 12.7 Å². The van der Waals surface area contributed by atoms with Crippen LogP contribution in [0.4, 0.5) is 5.69 Å². The number of nitriles is 1. The van der Waals surface area contributed by atoms with Crippen LogP contribution in [0.2, 0.25) is 0 Å². The molecule has 4 rings (SSSR count). The lowest BCUT2D eigenvalue weighted by atomic mass is 10.1. The van der Waals surface area contributed by atoms with Crippen LogP contribution in [0.1, 0.15) is 32.0 Å². The Hall–Kier alpha value is -4.71. The third-order valence-electron chi connectivity index (χ3n) is 4.97. The smallest absolute Gasteiger partial charge is 0.340 e. The fraction of sp³-hybridized carbons (Fsp3) is 0.125. The summed E-state index contributed by atoms with van der Waals surface area (Å²) in [6.07, 6.45) is 4.90. The van der Waals surface area contributed by atoms with E-state index in [0.29, 0.717) is 22.4 Å². The topological polar surface area (TPSA) is 115 Å². The van der Waals surface area contributed by atoms with E-state index in [-0.39, 0.29) is 29.4 Å². The minimum Gasteiger partial charge on any atom is -0.493 e. The number of rotatable bonds is 7. The Labute approximate surface area is 188 Å². The van der Waals surface area contributed by atoms with Crippen LogP contribution in [-0.2, 0) is 11.3 Å². The summed E-state index contributed by atoms with van der Waals surface area (Å²) in [5, 5.41) is 12.2. The highest BCUT2D eigenvalue weighted by Crippen LogP contribution is 2.34. The summed E-state index contributed by atoms with van der Waals surface area (Å²) >= 11 is 0. The Morgan fingerprint density at radius 1 is 1.12 bits per heavy atom. The molecule has 33 heavy (non-hydrogen) atoms. The van der Waals surface area contributed by atoms with Crippen LogP contribution in [-0.4, -0.2) is 30.5 Å². The molecule has 1 aromatic carbocycles. The molecule has 0 bridgehead atoms. The number of nitrogens with zero attached hydrogens (tertiary/aromatic N) is 2. The van der Waals surface area contributed by atoms with Crippen LogP contribution >= 0.6 is 0 Å². The van der Waals surface area contributed by atoms with Gasteiger partial charge in [-0.05, 0) is 24.3 Å². The van der Waals surface area contributed by atoms with Crippen molar-refractivity contribution in [3.63, 3.8) is 0 Å². The van der Waals surface area contributed by atoms with Crippen molar-refractivity contribution in [3.8, 4) is 17.6 Å². The van der Waals surface area contributed by atoms with E-state index in [1.807, 2.05) is 12.1 Å². The maximum absolute atomic E-state index is 13.0. The predicted molar refractivity (Wildman–Crippen MR) is 117 cm³/mol. The molecule has 3 aromatic heterocycles.